The van der Waals surface area contributed by atoms with Crippen molar-refractivity contribution in [1.29, 1.82) is 0 Å². The van der Waals surface area contributed by atoms with Crippen molar-refractivity contribution in [2.75, 3.05) is 10.6 Å². The molecule has 0 bridgehead atoms. The van der Waals surface area contributed by atoms with Crippen LogP contribution in [0.15, 0.2) is 41.8 Å². The second kappa shape index (κ2) is 7.85. The van der Waals surface area contributed by atoms with Crippen molar-refractivity contribution in [2.24, 2.45) is 5.92 Å². The maximum Gasteiger partial charge on any atom is 0.265 e. The first kappa shape index (κ1) is 17.1. The zero-order valence-corrected chi connectivity index (χ0v) is 14.4. The van der Waals surface area contributed by atoms with Crippen molar-refractivity contribution < 1.29 is 9.59 Å². The third-order valence-corrected chi connectivity index (χ3v) is 3.96. The SMILES string of the molecule is CC(C)C(=O)NC(=S)Nc1cccc(NC(=O)c2cccs2)c1. The molecule has 23 heavy (non-hydrogen) atoms. The lowest BCUT2D eigenvalue weighted by Gasteiger charge is -2.12. The summed E-state index contributed by atoms with van der Waals surface area (Å²) in [7, 11) is 0. The van der Waals surface area contributed by atoms with Crippen molar-refractivity contribution in [2.45, 2.75) is 13.8 Å². The zero-order chi connectivity index (χ0) is 16.8. The average Bonchev–Trinajstić information content (AvgIpc) is 3.01. The summed E-state index contributed by atoms with van der Waals surface area (Å²) in [5, 5.41) is 10.4. The number of rotatable bonds is 4. The van der Waals surface area contributed by atoms with Crippen LogP contribution in [0.2, 0.25) is 0 Å². The number of anilines is 2. The number of hydrogen-bond donors (Lipinski definition) is 3. The molecule has 0 aliphatic heterocycles. The van der Waals surface area contributed by atoms with E-state index in [2.05, 4.69) is 16.0 Å². The Bertz CT molecular complexity index is 712. The van der Waals surface area contributed by atoms with Gasteiger partial charge >= 0.3 is 0 Å². The predicted molar refractivity (Wildman–Crippen MR) is 97.9 cm³/mol. The van der Waals surface area contributed by atoms with Gasteiger partial charge in [0.05, 0.1) is 4.88 Å². The van der Waals surface area contributed by atoms with E-state index in [1.54, 1.807) is 44.2 Å². The summed E-state index contributed by atoms with van der Waals surface area (Å²) in [6.45, 7) is 3.58. The molecule has 0 aliphatic carbocycles. The number of thiophene rings is 1. The molecule has 5 nitrogen and oxygen atoms in total. The number of carbonyl (C=O) groups excluding carboxylic acids is 2. The maximum atomic E-state index is 12.0. The molecular weight excluding hydrogens is 330 g/mol. The second-order valence-electron chi connectivity index (χ2n) is 5.11. The molecule has 0 spiro atoms. The van der Waals surface area contributed by atoms with Crippen LogP contribution in [-0.4, -0.2) is 16.9 Å². The second-order valence-corrected chi connectivity index (χ2v) is 6.47. The lowest BCUT2D eigenvalue weighted by atomic mass is 10.2. The molecule has 0 aliphatic rings. The Morgan fingerprint density at radius 1 is 1.09 bits per heavy atom. The Morgan fingerprint density at radius 2 is 1.78 bits per heavy atom. The van der Waals surface area contributed by atoms with Gasteiger partial charge in [0.2, 0.25) is 5.91 Å². The Hall–Kier alpha value is -2.25. The molecule has 1 heterocycles. The molecule has 0 unspecified atom stereocenters. The van der Waals surface area contributed by atoms with E-state index < -0.39 is 0 Å². The van der Waals surface area contributed by atoms with Crippen LogP contribution in [0.3, 0.4) is 0 Å². The topological polar surface area (TPSA) is 70.2 Å². The van der Waals surface area contributed by atoms with E-state index in [9.17, 15) is 9.59 Å². The molecule has 2 aromatic rings. The molecule has 0 saturated carbocycles. The van der Waals surface area contributed by atoms with Gasteiger partial charge in [0.1, 0.15) is 0 Å². The molecule has 0 fully saturated rings. The highest BCUT2D eigenvalue weighted by molar-refractivity contribution is 7.80. The van der Waals surface area contributed by atoms with E-state index in [0.29, 0.717) is 16.3 Å². The number of thiocarbonyl (C=S) groups is 1. The fourth-order valence-corrected chi connectivity index (χ4v) is 2.53. The summed E-state index contributed by atoms with van der Waals surface area (Å²) in [5.41, 5.74) is 1.33. The van der Waals surface area contributed by atoms with Crippen molar-refractivity contribution >= 4 is 51.9 Å². The van der Waals surface area contributed by atoms with E-state index in [0.717, 1.165) is 0 Å². The van der Waals surface area contributed by atoms with E-state index in [4.69, 9.17) is 12.2 Å². The van der Waals surface area contributed by atoms with Crippen LogP contribution in [0.5, 0.6) is 0 Å². The largest absolute Gasteiger partial charge is 0.332 e. The Morgan fingerprint density at radius 3 is 2.39 bits per heavy atom. The highest BCUT2D eigenvalue weighted by atomic mass is 32.1. The van der Waals surface area contributed by atoms with Gasteiger partial charge in [-0.05, 0) is 41.9 Å². The molecular formula is C16H17N3O2S2. The van der Waals surface area contributed by atoms with Crippen LogP contribution in [0.25, 0.3) is 0 Å². The van der Waals surface area contributed by atoms with Crippen molar-refractivity contribution in [3.05, 3.63) is 46.7 Å². The number of benzene rings is 1. The number of hydrogen-bond acceptors (Lipinski definition) is 4. The van der Waals surface area contributed by atoms with Gasteiger partial charge in [-0.3, -0.25) is 9.59 Å². The molecule has 0 saturated heterocycles. The minimum atomic E-state index is -0.159. The average molecular weight is 347 g/mol. The van der Waals surface area contributed by atoms with Gasteiger partial charge in [0.15, 0.2) is 5.11 Å². The monoisotopic (exact) mass is 347 g/mol. The fourth-order valence-electron chi connectivity index (χ4n) is 1.69. The third-order valence-electron chi connectivity index (χ3n) is 2.88. The Labute approximate surface area is 144 Å². The molecule has 120 valence electrons. The maximum absolute atomic E-state index is 12.0. The van der Waals surface area contributed by atoms with E-state index in [1.165, 1.54) is 11.3 Å². The van der Waals surface area contributed by atoms with Crippen molar-refractivity contribution in [3.63, 3.8) is 0 Å². The molecule has 1 aromatic heterocycles. The molecule has 7 heteroatoms. The molecule has 3 N–H and O–H groups in total. The van der Waals surface area contributed by atoms with Crippen LogP contribution in [0, 0.1) is 5.92 Å². The van der Waals surface area contributed by atoms with Gasteiger partial charge in [-0.15, -0.1) is 11.3 Å². The summed E-state index contributed by atoms with van der Waals surface area (Å²) in [6.07, 6.45) is 0. The van der Waals surface area contributed by atoms with Gasteiger partial charge < -0.3 is 16.0 Å². The van der Waals surface area contributed by atoms with Gasteiger partial charge in [0, 0.05) is 17.3 Å². The highest BCUT2D eigenvalue weighted by Gasteiger charge is 2.10. The summed E-state index contributed by atoms with van der Waals surface area (Å²) >= 11 is 6.48. The molecule has 1 aromatic carbocycles. The first-order chi connectivity index (χ1) is 11.0. The van der Waals surface area contributed by atoms with Crippen LogP contribution in [-0.2, 0) is 4.79 Å². The van der Waals surface area contributed by atoms with Crippen molar-refractivity contribution in [3.8, 4) is 0 Å². The Kier molecular flexibility index (Phi) is 5.84. The van der Waals surface area contributed by atoms with E-state index in [-0.39, 0.29) is 22.8 Å². The predicted octanol–water partition coefficient (Wildman–Crippen LogP) is 3.47. The molecule has 2 amide bonds. The quantitative estimate of drug-likeness (QED) is 0.741. The van der Waals surface area contributed by atoms with Crippen molar-refractivity contribution in [1.82, 2.24) is 5.32 Å². The van der Waals surface area contributed by atoms with Crippen LogP contribution in [0.4, 0.5) is 11.4 Å². The van der Waals surface area contributed by atoms with Gasteiger partial charge in [-0.1, -0.05) is 26.0 Å². The lowest BCUT2D eigenvalue weighted by Crippen LogP contribution is -2.36. The summed E-state index contributed by atoms with van der Waals surface area (Å²) in [5.74, 6) is -0.455. The zero-order valence-electron chi connectivity index (χ0n) is 12.8. The summed E-state index contributed by atoms with van der Waals surface area (Å²) < 4.78 is 0. The first-order valence-electron chi connectivity index (χ1n) is 7.02. The van der Waals surface area contributed by atoms with E-state index >= 15 is 0 Å². The first-order valence-corrected chi connectivity index (χ1v) is 8.31. The van der Waals surface area contributed by atoms with Crippen LogP contribution < -0.4 is 16.0 Å². The summed E-state index contributed by atoms with van der Waals surface area (Å²) in [4.78, 5) is 24.3. The summed E-state index contributed by atoms with van der Waals surface area (Å²) in [6, 6.07) is 10.7. The number of amides is 2. The highest BCUT2D eigenvalue weighted by Crippen LogP contribution is 2.17. The molecule has 2 rings (SSSR count). The van der Waals surface area contributed by atoms with E-state index in [1.807, 2.05) is 11.4 Å². The van der Waals surface area contributed by atoms with Gasteiger partial charge in [-0.25, -0.2) is 0 Å². The minimum Gasteiger partial charge on any atom is -0.332 e. The van der Waals surface area contributed by atoms with Gasteiger partial charge in [-0.2, -0.15) is 0 Å². The lowest BCUT2D eigenvalue weighted by molar-refractivity contribution is -0.122. The fraction of sp³-hybridized carbons (Fsp3) is 0.188. The van der Waals surface area contributed by atoms with Gasteiger partial charge in [0.25, 0.3) is 5.91 Å². The van der Waals surface area contributed by atoms with Crippen LogP contribution in [0.1, 0.15) is 23.5 Å². The Balaban J connectivity index is 1.98. The number of nitrogens with one attached hydrogen (secondary N) is 3. The third kappa shape index (κ3) is 5.15. The standard InChI is InChI=1S/C16H17N3O2S2/c1-10(2)14(20)19-16(22)18-12-6-3-5-11(9-12)17-15(21)13-7-4-8-23-13/h3-10H,1-2H3,(H,17,21)(H2,18,19,20,22). The normalized spacial score (nSPS) is 10.2. The minimum absolute atomic E-state index is 0.147. The molecule has 0 radical (unpaired) electrons. The smallest absolute Gasteiger partial charge is 0.265 e. The number of carbonyl (C=O) groups is 2. The van der Waals surface area contributed by atoms with Crippen LogP contribution >= 0.6 is 23.6 Å². The molecule has 0 atom stereocenters.